The zero-order valence-electron chi connectivity index (χ0n) is 13.0. The molecule has 1 aliphatic heterocycles. The lowest BCUT2D eigenvalue weighted by molar-refractivity contribution is -0.120. The summed E-state index contributed by atoms with van der Waals surface area (Å²) in [6, 6.07) is 6.99. The first-order chi connectivity index (χ1) is 11.1. The van der Waals surface area contributed by atoms with E-state index < -0.39 is 17.2 Å². The Balaban J connectivity index is 1.93. The van der Waals surface area contributed by atoms with Gasteiger partial charge in [0.25, 0.3) is 11.8 Å². The number of ether oxygens (including phenoxy) is 1. The molecule has 0 aromatic heterocycles. The number of imide groups is 1. The molecule has 1 aromatic carbocycles. The van der Waals surface area contributed by atoms with Crippen LogP contribution >= 0.6 is 11.6 Å². The minimum atomic E-state index is -1.02. The van der Waals surface area contributed by atoms with Crippen LogP contribution in [0.25, 0.3) is 0 Å². The number of methoxy groups -OCH3 is 1. The molecule has 5 nitrogen and oxygen atoms in total. The number of nitrogens with zero attached hydrogens (tertiary/aromatic N) is 2. The largest absolute Gasteiger partial charge is 0.495 e. The van der Waals surface area contributed by atoms with Crippen LogP contribution in [-0.4, -0.2) is 36.1 Å². The molecule has 0 N–H and O–H groups in total. The molecule has 23 heavy (non-hydrogen) atoms. The molecule has 1 saturated carbocycles. The Morgan fingerprint density at radius 3 is 2.57 bits per heavy atom. The third-order valence-corrected chi connectivity index (χ3v) is 4.72. The highest BCUT2D eigenvalue weighted by atomic mass is 35.5. The lowest BCUT2D eigenvalue weighted by Crippen LogP contribution is -2.31. The van der Waals surface area contributed by atoms with Gasteiger partial charge in [-0.15, -0.1) is 11.6 Å². The topological polar surface area (TPSA) is 59.0 Å². The van der Waals surface area contributed by atoms with Crippen molar-refractivity contribution in [3.8, 4) is 5.75 Å². The molecule has 1 atom stereocenters. The number of halogens is 1. The van der Waals surface area contributed by atoms with Crippen LogP contribution in [0.1, 0.15) is 32.1 Å². The number of para-hydroxylation sites is 2. The van der Waals surface area contributed by atoms with Crippen LogP contribution in [-0.2, 0) is 9.59 Å². The van der Waals surface area contributed by atoms with E-state index in [1.807, 2.05) is 0 Å². The number of hydrogen-bond donors (Lipinski definition) is 0. The highest BCUT2D eigenvalue weighted by molar-refractivity contribution is 6.68. The molecule has 2 fully saturated rings. The Kier molecular flexibility index (Phi) is 4.66. The minimum absolute atomic E-state index is 0.0920. The highest BCUT2D eigenvalue weighted by Gasteiger charge is 2.45. The molecule has 1 saturated heterocycles. The molecular weight excluding hydrogens is 316 g/mol. The number of rotatable bonds is 3. The molecule has 3 rings (SSSR count). The molecule has 1 heterocycles. The van der Waals surface area contributed by atoms with Crippen LogP contribution in [0.3, 0.4) is 0 Å². The standard InChI is InChI=1S/C17H19ClN2O3/c1-23-13-10-6-5-9-12(13)20-16(21)14(18)15(17(20)22)19-11-7-3-2-4-8-11/h5-6,9-11,14H,2-4,7-8H2,1H3. The van der Waals surface area contributed by atoms with E-state index in [2.05, 4.69) is 4.99 Å². The van der Waals surface area contributed by atoms with Crippen LogP contribution < -0.4 is 9.64 Å². The lowest BCUT2D eigenvalue weighted by atomic mass is 9.96. The van der Waals surface area contributed by atoms with Crippen LogP contribution in [0, 0.1) is 0 Å². The molecule has 2 aliphatic rings. The summed E-state index contributed by atoms with van der Waals surface area (Å²) in [5.41, 5.74) is 0.568. The monoisotopic (exact) mass is 334 g/mol. The fourth-order valence-electron chi connectivity index (χ4n) is 3.12. The number of aliphatic imine (C=N–C) groups is 1. The summed E-state index contributed by atoms with van der Waals surface area (Å²) in [4.78, 5) is 30.8. The molecule has 6 heteroatoms. The third kappa shape index (κ3) is 2.98. The number of amides is 2. The molecule has 122 valence electrons. The molecule has 2 amide bonds. The second kappa shape index (κ2) is 6.71. The van der Waals surface area contributed by atoms with E-state index >= 15 is 0 Å². The Bertz CT molecular complexity index is 653. The molecular formula is C17H19ClN2O3. The Hall–Kier alpha value is -1.88. The summed E-state index contributed by atoms with van der Waals surface area (Å²) in [7, 11) is 1.50. The second-order valence-corrected chi connectivity index (χ2v) is 6.26. The number of benzene rings is 1. The van der Waals surface area contributed by atoms with Gasteiger partial charge in [-0.05, 0) is 25.0 Å². The van der Waals surface area contributed by atoms with Crippen LogP contribution in [0.5, 0.6) is 5.75 Å². The molecule has 1 aromatic rings. The number of carbonyl (C=O) groups is 2. The summed E-state index contributed by atoms with van der Waals surface area (Å²) in [6.07, 6.45) is 5.30. The van der Waals surface area contributed by atoms with E-state index in [1.165, 1.54) is 13.5 Å². The van der Waals surface area contributed by atoms with E-state index in [9.17, 15) is 9.59 Å². The van der Waals surface area contributed by atoms with Crippen molar-refractivity contribution in [3.05, 3.63) is 24.3 Å². The number of alkyl halides is 1. The van der Waals surface area contributed by atoms with Crippen molar-refractivity contribution in [2.24, 2.45) is 4.99 Å². The third-order valence-electron chi connectivity index (χ3n) is 4.32. The van der Waals surface area contributed by atoms with E-state index in [4.69, 9.17) is 16.3 Å². The normalized spacial score (nSPS) is 24.5. The molecule has 0 radical (unpaired) electrons. The summed E-state index contributed by atoms with van der Waals surface area (Å²) >= 11 is 6.20. The van der Waals surface area contributed by atoms with Gasteiger partial charge in [0.05, 0.1) is 18.8 Å². The number of hydrogen-bond acceptors (Lipinski definition) is 4. The maximum atomic E-state index is 12.7. The Labute approximate surface area is 140 Å². The quantitative estimate of drug-likeness (QED) is 0.630. The first kappa shape index (κ1) is 16.0. The van der Waals surface area contributed by atoms with E-state index in [0.717, 1.165) is 30.6 Å². The molecule has 1 unspecified atom stereocenters. The smallest absolute Gasteiger partial charge is 0.281 e. The van der Waals surface area contributed by atoms with Gasteiger partial charge in [-0.2, -0.15) is 0 Å². The van der Waals surface area contributed by atoms with Crippen molar-refractivity contribution in [2.45, 2.75) is 43.5 Å². The van der Waals surface area contributed by atoms with Gasteiger partial charge in [0.15, 0.2) is 5.38 Å². The van der Waals surface area contributed by atoms with Crippen LogP contribution in [0.4, 0.5) is 5.69 Å². The maximum absolute atomic E-state index is 12.7. The van der Waals surface area contributed by atoms with Crippen molar-refractivity contribution >= 4 is 34.8 Å². The van der Waals surface area contributed by atoms with Gasteiger partial charge in [-0.1, -0.05) is 31.4 Å². The van der Waals surface area contributed by atoms with Crippen molar-refractivity contribution in [3.63, 3.8) is 0 Å². The highest BCUT2D eigenvalue weighted by Crippen LogP contribution is 2.33. The number of carbonyl (C=O) groups excluding carboxylic acids is 2. The lowest BCUT2D eigenvalue weighted by Gasteiger charge is -2.18. The van der Waals surface area contributed by atoms with E-state index in [1.54, 1.807) is 24.3 Å². The average Bonchev–Trinajstić information content (AvgIpc) is 2.79. The zero-order chi connectivity index (χ0) is 16.4. The summed E-state index contributed by atoms with van der Waals surface area (Å²) in [5, 5.41) is -1.02. The average molecular weight is 335 g/mol. The molecule has 0 bridgehead atoms. The maximum Gasteiger partial charge on any atom is 0.281 e. The fraction of sp³-hybridized carbons (Fsp3) is 0.471. The van der Waals surface area contributed by atoms with Crippen molar-refractivity contribution in [2.75, 3.05) is 12.0 Å². The molecule has 0 spiro atoms. The summed E-state index contributed by atoms with van der Waals surface area (Å²) in [5.74, 6) is -0.446. The predicted octanol–water partition coefficient (Wildman–Crippen LogP) is 2.95. The van der Waals surface area contributed by atoms with Crippen LogP contribution in [0.15, 0.2) is 29.3 Å². The second-order valence-electron chi connectivity index (χ2n) is 5.82. The van der Waals surface area contributed by atoms with Gasteiger partial charge in [0.1, 0.15) is 11.5 Å². The van der Waals surface area contributed by atoms with Gasteiger partial charge in [-0.3, -0.25) is 14.6 Å². The molecule has 1 aliphatic carbocycles. The van der Waals surface area contributed by atoms with E-state index in [-0.39, 0.29) is 11.8 Å². The predicted molar refractivity (Wildman–Crippen MR) is 89.4 cm³/mol. The Morgan fingerprint density at radius 1 is 1.17 bits per heavy atom. The SMILES string of the molecule is COc1ccccc1N1C(=O)C(=NC2CCCCC2)C(Cl)C1=O. The van der Waals surface area contributed by atoms with Gasteiger partial charge in [0, 0.05) is 0 Å². The van der Waals surface area contributed by atoms with Crippen LogP contribution in [0.2, 0.25) is 0 Å². The first-order valence-corrected chi connectivity index (χ1v) is 8.30. The van der Waals surface area contributed by atoms with Crippen molar-refractivity contribution < 1.29 is 14.3 Å². The van der Waals surface area contributed by atoms with Gasteiger partial charge in [-0.25, -0.2) is 4.90 Å². The zero-order valence-corrected chi connectivity index (χ0v) is 13.8. The van der Waals surface area contributed by atoms with Gasteiger partial charge >= 0.3 is 0 Å². The van der Waals surface area contributed by atoms with E-state index in [0.29, 0.717) is 11.4 Å². The van der Waals surface area contributed by atoms with Crippen molar-refractivity contribution in [1.82, 2.24) is 0 Å². The summed E-state index contributed by atoms with van der Waals surface area (Å²) < 4.78 is 5.25. The summed E-state index contributed by atoms with van der Waals surface area (Å²) in [6.45, 7) is 0. The van der Waals surface area contributed by atoms with Gasteiger partial charge < -0.3 is 4.74 Å². The van der Waals surface area contributed by atoms with Crippen molar-refractivity contribution in [1.29, 1.82) is 0 Å². The Morgan fingerprint density at radius 2 is 1.87 bits per heavy atom. The fourth-order valence-corrected chi connectivity index (χ4v) is 3.37. The number of anilines is 1. The minimum Gasteiger partial charge on any atom is -0.495 e. The van der Waals surface area contributed by atoms with Gasteiger partial charge in [0.2, 0.25) is 0 Å². The first-order valence-electron chi connectivity index (χ1n) is 7.86.